The van der Waals surface area contributed by atoms with Crippen molar-refractivity contribution < 1.29 is 19.2 Å². The maximum atomic E-state index is 12.1. The molecule has 1 heterocycles. The number of nitrogens with one attached hydrogen (secondary N) is 1. The van der Waals surface area contributed by atoms with Gasteiger partial charge in [-0.05, 0) is 12.1 Å². The highest BCUT2D eigenvalue weighted by atomic mass is 35.5. The first-order chi connectivity index (χ1) is 12.9. The lowest BCUT2D eigenvalue weighted by Gasteiger charge is -2.34. The molecule has 1 aromatic carbocycles. The van der Waals surface area contributed by atoms with E-state index < -0.39 is 0 Å². The Bertz CT molecular complexity index is 715. The van der Waals surface area contributed by atoms with Crippen molar-refractivity contribution >= 4 is 35.1 Å². The summed E-state index contributed by atoms with van der Waals surface area (Å²) in [5.41, 5.74) is 0.482. The highest BCUT2D eigenvalue weighted by Crippen LogP contribution is 2.13. The predicted octanol–water partition coefficient (Wildman–Crippen LogP) is 1.50. The molecule has 0 unspecified atom stereocenters. The average molecular weight is 394 g/mol. The molecule has 1 aliphatic rings. The van der Waals surface area contributed by atoms with Gasteiger partial charge in [-0.2, -0.15) is 0 Å². The fraction of sp³-hybridized carbons (Fsp3) is 0.474. The summed E-state index contributed by atoms with van der Waals surface area (Å²) in [4.78, 5) is 50.7. The average Bonchev–Trinajstić information content (AvgIpc) is 2.66. The fourth-order valence-corrected chi connectivity index (χ4v) is 3.05. The molecule has 0 radical (unpaired) electrons. The number of amides is 3. The van der Waals surface area contributed by atoms with E-state index in [0.717, 1.165) is 0 Å². The molecule has 7 nitrogen and oxygen atoms in total. The van der Waals surface area contributed by atoms with Crippen LogP contribution >= 0.6 is 11.6 Å². The van der Waals surface area contributed by atoms with E-state index in [1.807, 2.05) is 0 Å². The molecule has 8 heteroatoms. The second-order valence-electron chi connectivity index (χ2n) is 6.42. The minimum absolute atomic E-state index is 0.0154. The van der Waals surface area contributed by atoms with Crippen LogP contribution in [0.15, 0.2) is 24.3 Å². The van der Waals surface area contributed by atoms with Crippen molar-refractivity contribution in [1.29, 1.82) is 0 Å². The number of carbonyl (C=O) groups excluding carboxylic acids is 4. The molecule has 1 fully saturated rings. The van der Waals surface area contributed by atoms with Crippen molar-refractivity contribution in [2.24, 2.45) is 0 Å². The number of nitrogens with zero attached hydrogens (tertiary/aromatic N) is 2. The van der Waals surface area contributed by atoms with Crippen LogP contribution in [0.4, 0.5) is 0 Å². The number of halogens is 1. The van der Waals surface area contributed by atoms with E-state index in [0.29, 0.717) is 36.8 Å². The highest BCUT2D eigenvalue weighted by Gasteiger charge is 2.22. The Balaban J connectivity index is 1.64. The van der Waals surface area contributed by atoms with Gasteiger partial charge in [-0.25, -0.2) is 0 Å². The van der Waals surface area contributed by atoms with Gasteiger partial charge < -0.3 is 15.1 Å². The number of ketones is 1. The molecule has 2 rings (SSSR count). The molecule has 3 amide bonds. The molecule has 1 saturated heterocycles. The van der Waals surface area contributed by atoms with Crippen LogP contribution in [0, 0.1) is 0 Å². The van der Waals surface area contributed by atoms with Gasteiger partial charge in [0.2, 0.25) is 17.7 Å². The number of carbonyl (C=O) groups is 4. The number of Topliss-reactive ketones (excluding diaryl/α,β-unsaturated/α-hetero) is 1. The maximum absolute atomic E-state index is 12.1. The molecule has 27 heavy (non-hydrogen) atoms. The zero-order chi connectivity index (χ0) is 19.8. The van der Waals surface area contributed by atoms with E-state index in [1.54, 1.807) is 34.1 Å². The molecule has 0 aromatic heterocycles. The summed E-state index contributed by atoms with van der Waals surface area (Å²) >= 11 is 5.85. The molecule has 1 aromatic rings. The van der Waals surface area contributed by atoms with Gasteiger partial charge in [0.1, 0.15) is 0 Å². The van der Waals surface area contributed by atoms with Crippen LogP contribution < -0.4 is 5.32 Å². The first-order valence-electron chi connectivity index (χ1n) is 8.95. The Hall–Kier alpha value is -2.41. The molecule has 0 saturated carbocycles. The highest BCUT2D eigenvalue weighted by molar-refractivity contribution is 6.31. The lowest BCUT2D eigenvalue weighted by atomic mass is 10.1. The van der Waals surface area contributed by atoms with E-state index >= 15 is 0 Å². The molecule has 146 valence electrons. The smallest absolute Gasteiger partial charge is 0.224 e. The quantitative estimate of drug-likeness (QED) is 0.711. The summed E-state index contributed by atoms with van der Waals surface area (Å²) in [5, 5.41) is 3.15. The van der Waals surface area contributed by atoms with Crippen LogP contribution in [0.5, 0.6) is 0 Å². The van der Waals surface area contributed by atoms with E-state index in [2.05, 4.69) is 5.32 Å². The maximum Gasteiger partial charge on any atom is 0.224 e. The SMILES string of the molecule is CC(=O)N1CCN(C(=O)CCNC(=O)CCC(=O)c2cccc(Cl)c2)CC1. The molecular formula is C19H24ClN3O4. The Labute approximate surface area is 163 Å². The summed E-state index contributed by atoms with van der Waals surface area (Å²) in [6.07, 6.45) is 0.359. The van der Waals surface area contributed by atoms with Crippen molar-refractivity contribution in [3.05, 3.63) is 34.9 Å². The molecule has 1 N–H and O–H groups in total. The molecule has 0 spiro atoms. The van der Waals surface area contributed by atoms with Crippen LogP contribution in [-0.2, 0) is 14.4 Å². The second-order valence-corrected chi connectivity index (χ2v) is 6.86. The molecule has 0 aliphatic carbocycles. The first kappa shape index (κ1) is 20.9. The van der Waals surface area contributed by atoms with Gasteiger partial charge in [0.15, 0.2) is 5.78 Å². The summed E-state index contributed by atoms with van der Waals surface area (Å²) in [7, 11) is 0. The number of hydrogen-bond acceptors (Lipinski definition) is 4. The largest absolute Gasteiger partial charge is 0.356 e. The molecule has 1 aliphatic heterocycles. The van der Waals surface area contributed by atoms with Gasteiger partial charge in [-0.1, -0.05) is 23.7 Å². The Morgan fingerprint density at radius 2 is 1.67 bits per heavy atom. The second kappa shape index (κ2) is 10.1. The van der Waals surface area contributed by atoms with Crippen molar-refractivity contribution in [2.45, 2.75) is 26.2 Å². The lowest BCUT2D eigenvalue weighted by Crippen LogP contribution is -2.50. The van der Waals surface area contributed by atoms with E-state index in [1.165, 1.54) is 6.92 Å². The third-order valence-corrected chi connectivity index (χ3v) is 4.70. The lowest BCUT2D eigenvalue weighted by molar-refractivity contribution is -0.138. The normalized spacial score (nSPS) is 14.0. The van der Waals surface area contributed by atoms with Crippen molar-refractivity contribution in [3.63, 3.8) is 0 Å². The number of benzene rings is 1. The van der Waals surface area contributed by atoms with E-state index in [-0.39, 0.29) is 49.3 Å². The Morgan fingerprint density at radius 1 is 1.00 bits per heavy atom. The van der Waals surface area contributed by atoms with Crippen LogP contribution in [0.25, 0.3) is 0 Å². The van der Waals surface area contributed by atoms with Gasteiger partial charge in [0.05, 0.1) is 0 Å². The summed E-state index contributed by atoms with van der Waals surface area (Å²) < 4.78 is 0. The monoisotopic (exact) mass is 393 g/mol. The molecule has 0 bridgehead atoms. The van der Waals surface area contributed by atoms with Gasteiger partial charge in [0, 0.05) is 69.5 Å². The van der Waals surface area contributed by atoms with E-state index in [9.17, 15) is 19.2 Å². The summed E-state index contributed by atoms with van der Waals surface area (Å²) in [6.45, 7) is 3.86. The molecule has 0 atom stereocenters. The third kappa shape index (κ3) is 6.67. The standard InChI is InChI=1S/C19H24ClN3O4/c1-14(24)22-9-11-23(12-10-22)19(27)7-8-21-18(26)6-5-17(25)15-3-2-4-16(20)13-15/h2-4,13H,5-12H2,1H3,(H,21,26). The van der Waals surface area contributed by atoms with Crippen LogP contribution in [0.3, 0.4) is 0 Å². The van der Waals surface area contributed by atoms with Crippen LogP contribution in [0.2, 0.25) is 5.02 Å². The van der Waals surface area contributed by atoms with Gasteiger partial charge in [-0.15, -0.1) is 0 Å². The van der Waals surface area contributed by atoms with Crippen LogP contribution in [0.1, 0.15) is 36.5 Å². The van der Waals surface area contributed by atoms with Crippen molar-refractivity contribution in [2.75, 3.05) is 32.7 Å². The van der Waals surface area contributed by atoms with Gasteiger partial charge in [0.25, 0.3) is 0 Å². The predicted molar refractivity (Wildman–Crippen MR) is 101 cm³/mol. The van der Waals surface area contributed by atoms with Crippen molar-refractivity contribution in [1.82, 2.24) is 15.1 Å². The minimum Gasteiger partial charge on any atom is -0.356 e. The number of piperazine rings is 1. The van der Waals surface area contributed by atoms with Gasteiger partial charge in [-0.3, -0.25) is 19.2 Å². The third-order valence-electron chi connectivity index (χ3n) is 4.46. The fourth-order valence-electron chi connectivity index (χ4n) is 2.86. The van der Waals surface area contributed by atoms with Gasteiger partial charge >= 0.3 is 0 Å². The first-order valence-corrected chi connectivity index (χ1v) is 9.33. The van der Waals surface area contributed by atoms with Crippen molar-refractivity contribution in [3.8, 4) is 0 Å². The number of rotatable bonds is 7. The minimum atomic E-state index is -0.264. The molecular weight excluding hydrogens is 370 g/mol. The summed E-state index contributed by atoms with van der Waals surface area (Å²) in [6, 6.07) is 6.61. The number of hydrogen-bond donors (Lipinski definition) is 1. The summed E-state index contributed by atoms with van der Waals surface area (Å²) in [5.74, 6) is -0.443. The van der Waals surface area contributed by atoms with Crippen LogP contribution in [-0.4, -0.2) is 66.0 Å². The Morgan fingerprint density at radius 3 is 2.30 bits per heavy atom. The Kier molecular flexibility index (Phi) is 7.79. The van der Waals surface area contributed by atoms with E-state index in [4.69, 9.17) is 11.6 Å². The zero-order valence-electron chi connectivity index (χ0n) is 15.4. The zero-order valence-corrected chi connectivity index (χ0v) is 16.1. The topological polar surface area (TPSA) is 86.8 Å².